The highest BCUT2D eigenvalue weighted by Gasteiger charge is 2.20. The van der Waals surface area contributed by atoms with Gasteiger partial charge < -0.3 is 14.4 Å². The number of rotatable bonds is 3. The molecule has 1 aromatic heterocycles. The minimum Gasteiger partial charge on any atom is -0.867 e. The number of benzene rings is 1. The zero-order chi connectivity index (χ0) is 14.7. The molecule has 0 bridgehead atoms. The van der Waals surface area contributed by atoms with Gasteiger partial charge in [0.2, 0.25) is 0 Å². The summed E-state index contributed by atoms with van der Waals surface area (Å²) in [5, 5.41) is 15.3. The topological polar surface area (TPSA) is 92.5 Å². The second kappa shape index (κ2) is 5.56. The molecule has 1 heterocycles. The minimum absolute atomic E-state index is 0.104. The Morgan fingerprint density at radius 1 is 1.30 bits per heavy atom. The lowest BCUT2D eigenvalue weighted by molar-refractivity contribution is -0.271. The molecule has 6 heteroatoms. The van der Waals surface area contributed by atoms with Crippen LogP contribution in [0.15, 0.2) is 39.6 Å². The molecule has 0 amide bonds. The third kappa shape index (κ3) is 2.69. The van der Waals surface area contributed by atoms with Gasteiger partial charge in [0, 0.05) is 5.56 Å². The third-order valence-corrected chi connectivity index (χ3v) is 2.47. The molecule has 0 radical (unpaired) electrons. The number of hydrogen-bond donors (Lipinski definition) is 0. The van der Waals surface area contributed by atoms with E-state index >= 15 is 0 Å². The van der Waals surface area contributed by atoms with Crippen molar-refractivity contribution in [2.24, 2.45) is 0 Å². The van der Waals surface area contributed by atoms with Gasteiger partial charge in [0.25, 0.3) is 0 Å². The standard InChI is InChI=1S/C14H13NO5/c1-8(2)19-13(17)11-10(9-6-4-3-5-7-9)12(16)14(18)20-15-11/h3-8,16H,1-2H3/p-1. The van der Waals surface area contributed by atoms with E-state index in [9.17, 15) is 14.7 Å². The minimum atomic E-state index is -1.12. The Morgan fingerprint density at radius 2 is 1.95 bits per heavy atom. The molecular weight excluding hydrogens is 262 g/mol. The van der Waals surface area contributed by atoms with Crippen molar-refractivity contribution >= 4 is 5.97 Å². The molecule has 0 saturated carbocycles. The van der Waals surface area contributed by atoms with Gasteiger partial charge in [-0.1, -0.05) is 35.5 Å². The number of nitrogens with zero attached hydrogens (tertiary/aromatic N) is 1. The quantitative estimate of drug-likeness (QED) is 0.784. The number of hydrogen-bond acceptors (Lipinski definition) is 6. The number of aromatic nitrogens is 1. The van der Waals surface area contributed by atoms with Crippen molar-refractivity contribution in [3.05, 3.63) is 46.4 Å². The molecule has 6 nitrogen and oxygen atoms in total. The van der Waals surface area contributed by atoms with Gasteiger partial charge in [0.1, 0.15) is 0 Å². The first kappa shape index (κ1) is 13.8. The van der Waals surface area contributed by atoms with E-state index in [0.29, 0.717) is 5.56 Å². The summed E-state index contributed by atoms with van der Waals surface area (Å²) in [7, 11) is 0. The average Bonchev–Trinajstić information content (AvgIpc) is 2.41. The summed E-state index contributed by atoms with van der Waals surface area (Å²) in [6, 6.07) is 8.31. The predicted molar refractivity (Wildman–Crippen MR) is 68.2 cm³/mol. The maximum Gasteiger partial charge on any atom is 0.361 e. The molecule has 0 aliphatic heterocycles. The Kier molecular flexibility index (Phi) is 3.84. The van der Waals surface area contributed by atoms with Crippen LogP contribution in [0, 0.1) is 0 Å². The van der Waals surface area contributed by atoms with Crippen molar-refractivity contribution in [3.8, 4) is 16.9 Å². The molecule has 1 aromatic carbocycles. The van der Waals surface area contributed by atoms with Crippen molar-refractivity contribution < 1.29 is 19.2 Å². The van der Waals surface area contributed by atoms with E-state index in [2.05, 4.69) is 9.68 Å². The summed E-state index contributed by atoms with van der Waals surface area (Å²) in [6.07, 6.45) is -0.380. The highest BCUT2D eigenvalue weighted by atomic mass is 16.5. The summed E-state index contributed by atoms with van der Waals surface area (Å²) in [5.74, 6) is -1.72. The van der Waals surface area contributed by atoms with Crippen LogP contribution in [0.4, 0.5) is 0 Å². The van der Waals surface area contributed by atoms with E-state index in [1.54, 1.807) is 44.2 Å². The molecule has 0 aliphatic carbocycles. The fourth-order valence-electron chi connectivity index (χ4n) is 1.67. The molecule has 104 valence electrons. The third-order valence-electron chi connectivity index (χ3n) is 2.47. The molecular formula is C14H12NO5-. The van der Waals surface area contributed by atoms with Gasteiger partial charge in [-0.3, -0.25) is 0 Å². The Labute approximate surface area is 114 Å². The lowest BCUT2D eigenvalue weighted by Gasteiger charge is -2.15. The van der Waals surface area contributed by atoms with Crippen LogP contribution in [0.1, 0.15) is 24.3 Å². The van der Waals surface area contributed by atoms with E-state index in [4.69, 9.17) is 4.74 Å². The maximum absolute atomic E-state index is 11.9. The van der Waals surface area contributed by atoms with Crippen LogP contribution < -0.4 is 10.7 Å². The predicted octanol–water partition coefficient (Wildman–Crippen LogP) is 1.34. The molecule has 0 atom stereocenters. The van der Waals surface area contributed by atoms with Gasteiger partial charge in [-0.15, -0.1) is 0 Å². The van der Waals surface area contributed by atoms with Crippen molar-refractivity contribution in [3.63, 3.8) is 0 Å². The Balaban J connectivity index is 2.62. The van der Waals surface area contributed by atoms with E-state index in [1.165, 1.54) is 0 Å². The van der Waals surface area contributed by atoms with Crippen LogP contribution in [-0.2, 0) is 4.74 Å². The summed E-state index contributed by atoms with van der Waals surface area (Å²) in [4.78, 5) is 23.2. The molecule has 0 saturated heterocycles. The first-order chi connectivity index (χ1) is 9.50. The largest absolute Gasteiger partial charge is 0.867 e. The van der Waals surface area contributed by atoms with Crippen LogP contribution >= 0.6 is 0 Å². The smallest absolute Gasteiger partial charge is 0.361 e. The van der Waals surface area contributed by atoms with E-state index in [1.807, 2.05) is 0 Å². The van der Waals surface area contributed by atoms with Crippen LogP contribution in [0.3, 0.4) is 0 Å². The second-order valence-electron chi connectivity index (χ2n) is 4.34. The fourth-order valence-corrected chi connectivity index (χ4v) is 1.67. The van der Waals surface area contributed by atoms with Crippen LogP contribution in [0.2, 0.25) is 0 Å². The summed E-state index contributed by atoms with van der Waals surface area (Å²) in [6.45, 7) is 3.33. The second-order valence-corrected chi connectivity index (χ2v) is 4.34. The molecule has 0 fully saturated rings. The first-order valence-corrected chi connectivity index (χ1v) is 5.98. The van der Waals surface area contributed by atoms with Crippen LogP contribution in [0.5, 0.6) is 5.75 Å². The SMILES string of the molecule is CC(C)OC(=O)c1noc(=O)c([O-])c1-c1ccccc1. The van der Waals surface area contributed by atoms with Crippen LogP contribution in [-0.4, -0.2) is 17.2 Å². The van der Waals surface area contributed by atoms with Crippen molar-refractivity contribution in [1.29, 1.82) is 0 Å². The molecule has 20 heavy (non-hydrogen) atoms. The molecule has 0 spiro atoms. The van der Waals surface area contributed by atoms with Gasteiger partial charge in [-0.25, -0.2) is 9.59 Å². The normalized spacial score (nSPS) is 10.6. The van der Waals surface area contributed by atoms with Gasteiger partial charge in [0.05, 0.1) is 6.10 Å². The molecule has 2 rings (SSSR count). The summed E-state index contributed by atoms with van der Waals surface area (Å²) < 4.78 is 9.33. The Hall–Kier alpha value is -2.63. The average molecular weight is 274 g/mol. The molecule has 0 unspecified atom stereocenters. The van der Waals surface area contributed by atoms with E-state index in [0.717, 1.165) is 0 Å². The maximum atomic E-state index is 11.9. The summed E-state index contributed by atoms with van der Waals surface area (Å²) in [5.41, 5.74) is -1.11. The Morgan fingerprint density at radius 3 is 2.55 bits per heavy atom. The number of esters is 1. The fraction of sp³-hybridized carbons (Fsp3) is 0.214. The molecule has 0 aliphatic rings. The summed E-state index contributed by atoms with van der Waals surface area (Å²) >= 11 is 0. The van der Waals surface area contributed by atoms with E-state index < -0.39 is 17.3 Å². The number of carbonyl (C=O) groups is 1. The lowest BCUT2D eigenvalue weighted by atomic mass is 10.0. The van der Waals surface area contributed by atoms with Gasteiger partial charge in [-0.05, 0) is 25.2 Å². The highest BCUT2D eigenvalue weighted by Crippen LogP contribution is 2.27. The van der Waals surface area contributed by atoms with Crippen LogP contribution in [0.25, 0.3) is 11.1 Å². The zero-order valence-electron chi connectivity index (χ0n) is 11.0. The highest BCUT2D eigenvalue weighted by molar-refractivity contribution is 5.96. The van der Waals surface area contributed by atoms with Gasteiger partial charge in [0.15, 0.2) is 5.69 Å². The lowest BCUT2D eigenvalue weighted by Crippen LogP contribution is -2.19. The molecule has 0 N–H and O–H groups in total. The number of ether oxygens (including phenoxy) is 1. The van der Waals surface area contributed by atoms with Crippen molar-refractivity contribution in [1.82, 2.24) is 5.16 Å². The van der Waals surface area contributed by atoms with Crippen molar-refractivity contribution in [2.75, 3.05) is 0 Å². The van der Waals surface area contributed by atoms with Crippen molar-refractivity contribution in [2.45, 2.75) is 20.0 Å². The van der Waals surface area contributed by atoms with Gasteiger partial charge in [-0.2, -0.15) is 0 Å². The van der Waals surface area contributed by atoms with E-state index in [-0.39, 0.29) is 17.4 Å². The Bertz CT molecular complexity index is 676. The van der Waals surface area contributed by atoms with Gasteiger partial charge >= 0.3 is 11.6 Å². The number of carbonyl (C=O) groups excluding carboxylic acids is 1. The monoisotopic (exact) mass is 274 g/mol. The first-order valence-electron chi connectivity index (χ1n) is 5.98. The molecule has 2 aromatic rings. The zero-order valence-corrected chi connectivity index (χ0v) is 11.0.